The summed E-state index contributed by atoms with van der Waals surface area (Å²) >= 11 is 5.98. The molecule has 7 heteroatoms. The van der Waals surface area contributed by atoms with E-state index in [4.69, 9.17) is 16.3 Å². The van der Waals surface area contributed by atoms with Crippen molar-refractivity contribution in [3.05, 3.63) is 64.8 Å². The Morgan fingerprint density at radius 2 is 1.48 bits per heavy atom. The highest BCUT2D eigenvalue weighted by Gasteiger charge is 2.42. The number of amides is 2. The molecule has 0 unspecified atom stereocenters. The maximum Gasteiger partial charge on any atom is 0.282 e. The van der Waals surface area contributed by atoms with Gasteiger partial charge in [-0.25, -0.2) is 4.90 Å². The van der Waals surface area contributed by atoms with Gasteiger partial charge in [-0.05, 0) is 49.0 Å². The van der Waals surface area contributed by atoms with Crippen molar-refractivity contribution < 1.29 is 14.3 Å². The first kappa shape index (κ1) is 19.5. The van der Waals surface area contributed by atoms with E-state index in [-0.39, 0.29) is 11.8 Å². The van der Waals surface area contributed by atoms with Gasteiger partial charge in [0.25, 0.3) is 11.8 Å². The van der Waals surface area contributed by atoms with Gasteiger partial charge < -0.3 is 14.5 Å². The Labute approximate surface area is 174 Å². The van der Waals surface area contributed by atoms with E-state index in [0.29, 0.717) is 46.4 Å². The number of anilines is 1. The number of nitrogens with zero attached hydrogens (tertiary/aromatic N) is 3. The number of rotatable bonds is 4. The summed E-state index contributed by atoms with van der Waals surface area (Å²) in [6.45, 7) is 3.06. The minimum absolute atomic E-state index is 0.298. The number of hydrogen-bond donors (Lipinski definition) is 0. The predicted molar refractivity (Wildman–Crippen MR) is 113 cm³/mol. The minimum atomic E-state index is -0.323. The fraction of sp³-hybridized carbons (Fsp3) is 0.273. The van der Waals surface area contributed by atoms with Gasteiger partial charge in [-0.3, -0.25) is 9.59 Å². The molecule has 29 heavy (non-hydrogen) atoms. The Morgan fingerprint density at radius 3 is 2.07 bits per heavy atom. The van der Waals surface area contributed by atoms with Crippen LogP contribution < -0.4 is 9.64 Å². The third-order valence-electron chi connectivity index (χ3n) is 5.34. The standard InChI is InChI=1S/C22H22ClN3O3/c1-24-11-13-25(14-12-24)20-19(15-3-9-18(29-2)10-4-15)21(27)26(22(20)28)17-7-5-16(23)6-8-17/h3-10H,11-14H2,1-2H3. The Morgan fingerprint density at radius 1 is 0.862 bits per heavy atom. The van der Waals surface area contributed by atoms with E-state index in [0.717, 1.165) is 13.1 Å². The lowest BCUT2D eigenvalue weighted by Crippen LogP contribution is -2.46. The molecule has 4 rings (SSSR count). The largest absolute Gasteiger partial charge is 0.497 e. The van der Waals surface area contributed by atoms with Crippen molar-refractivity contribution in [1.29, 1.82) is 0 Å². The van der Waals surface area contributed by atoms with Crippen LogP contribution >= 0.6 is 11.6 Å². The van der Waals surface area contributed by atoms with E-state index in [1.807, 2.05) is 17.0 Å². The van der Waals surface area contributed by atoms with Gasteiger partial charge in [-0.1, -0.05) is 23.7 Å². The molecule has 2 aliphatic heterocycles. The lowest BCUT2D eigenvalue weighted by Gasteiger charge is -2.34. The van der Waals surface area contributed by atoms with Crippen LogP contribution in [0.25, 0.3) is 5.57 Å². The fourth-order valence-corrected chi connectivity index (χ4v) is 3.81. The smallest absolute Gasteiger partial charge is 0.282 e. The van der Waals surface area contributed by atoms with E-state index in [1.54, 1.807) is 43.5 Å². The van der Waals surface area contributed by atoms with Crippen molar-refractivity contribution in [3.8, 4) is 5.75 Å². The van der Waals surface area contributed by atoms with Gasteiger partial charge in [-0.15, -0.1) is 0 Å². The molecule has 2 aromatic rings. The maximum atomic E-state index is 13.4. The SMILES string of the molecule is COc1ccc(C2=C(N3CCN(C)CC3)C(=O)N(c3ccc(Cl)cc3)C2=O)cc1. The average Bonchev–Trinajstić information content (AvgIpc) is 3.00. The molecule has 0 saturated carbocycles. The van der Waals surface area contributed by atoms with Crippen molar-refractivity contribution in [1.82, 2.24) is 9.80 Å². The molecular weight excluding hydrogens is 390 g/mol. The van der Waals surface area contributed by atoms with Crippen molar-refractivity contribution in [2.45, 2.75) is 0 Å². The minimum Gasteiger partial charge on any atom is -0.497 e. The Hall–Kier alpha value is -2.83. The second-order valence-corrected chi connectivity index (χ2v) is 7.60. The lowest BCUT2D eigenvalue weighted by molar-refractivity contribution is -0.120. The number of benzene rings is 2. The third kappa shape index (κ3) is 3.61. The zero-order valence-corrected chi connectivity index (χ0v) is 17.1. The first-order valence-electron chi connectivity index (χ1n) is 9.46. The van der Waals surface area contributed by atoms with Crippen LogP contribution in [-0.2, 0) is 9.59 Å². The number of imide groups is 1. The van der Waals surface area contributed by atoms with Gasteiger partial charge in [0.2, 0.25) is 0 Å². The van der Waals surface area contributed by atoms with E-state index in [9.17, 15) is 9.59 Å². The number of carbonyl (C=O) groups is 2. The Kier molecular flexibility index (Phi) is 5.30. The molecule has 0 spiro atoms. The van der Waals surface area contributed by atoms with Crippen LogP contribution in [0.1, 0.15) is 5.56 Å². The van der Waals surface area contributed by atoms with Crippen LogP contribution in [0.5, 0.6) is 5.75 Å². The highest BCUT2D eigenvalue weighted by atomic mass is 35.5. The van der Waals surface area contributed by atoms with E-state index < -0.39 is 0 Å². The van der Waals surface area contributed by atoms with Crippen LogP contribution in [-0.4, -0.2) is 62.0 Å². The number of hydrogen-bond acceptors (Lipinski definition) is 5. The predicted octanol–water partition coefficient (Wildman–Crippen LogP) is 2.88. The number of ether oxygens (including phenoxy) is 1. The molecule has 0 N–H and O–H groups in total. The molecule has 2 aliphatic rings. The van der Waals surface area contributed by atoms with Crippen LogP contribution in [0.3, 0.4) is 0 Å². The van der Waals surface area contributed by atoms with Crippen LogP contribution in [0.2, 0.25) is 5.02 Å². The number of carbonyl (C=O) groups excluding carboxylic acids is 2. The highest BCUT2D eigenvalue weighted by molar-refractivity contribution is 6.45. The quantitative estimate of drug-likeness (QED) is 0.724. The summed E-state index contributed by atoms with van der Waals surface area (Å²) in [5, 5.41) is 0.551. The molecule has 0 bridgehead atoms. The molecule has 2 heterocycles. The third-order valence-corrected chi connectivity index (χ3v) is 5.59. The van der Waals surface area contributed by atoms with Crippen molar-refractivity contribution in [2.75, 3.05) is 45.2 Å². The molecule has 1 saturated heterocycles. The average molecular weight is 412 g/mol. The molecule has 0 aliphatic carbocycles. The molecular formula is C22H22ClN3O3. The number of methoxy groups -OCH3 is 1. The topological polar surface area (TPSA) is 53.1 Å². The Balaban J connectivity index is 1.78. The van der Waals surface area contributed by atoms with E-state index in [1.165, 1.54) is 4.90 Å². The number of piperazine rings is 1. The molecule has 0 aromatic heterocycles. The molecule has 1 fully saturated rings. The summed E-state index contributed by atoms with van der Waals surface area (Å²) in [6.07, 6.45) is 0. The second-order valence-electron chi connectivity index (χ2n) is 7.16. The van der Waals surface area contributed by atoms with Gasteiger partial charge >= 0.3 is 0 Å². The van der Waals surface area contributed by atoms with E-state index in [2.05, 4.69) is 11.9 Å². The zero-order chi connectivity index (χ0) is 20.5. The first-order valence-corrected chi connectivity index (χ1v) is 9.84. The van der Waals surface area contributed by atoms with Gasteiger partial charge in [0.15, 0.2) is 0 Å². The van der Waals surface area contributed by atoms with Crippen molar-refractivity contribution >= 4 is 34.7 Å². The molecule has 2 amide bonds. The summed E-state index contributed by atoms with van der Waals surface area (Å²) in [7, 11) is 3.65. The summed E-state index contributed by atoms with van der Waals surface area (Å²) in [5.74, 6) is 0.0749. The van der Waals surface area contributed by atoms with E-state index >= 15 is 0 Å². The lowest BCUT2D eigenvalue weighted by atomic mass is 10.0. The first-order chi connectivity index (χ1) is 14.0. The van der Waals surface area contributed by atoms with Gasteiger partial charge in [0, 0.05) is 31.2 Å². The molecule has 0 radical (unpaired) electrons. The normalized spacial score (nSPS) is 18.0. The van der Waals surface area contributed by atoms with Crippen LogP contribution in [0.4, 0.5) is 5.69 Å². The van der Waals surface area contributed by atoms with Crippen molar-refractivity contribution in [3.63, 3.8) is 0 Å². The van der Waals surface area contributed by atoms with Crippen LogP contribution in [0.15, 0.2) is 54.2 Å². The monoisotopic (exact) mass is 411 g/mol. The molecule has 150 valence electrons. The number of halogens is 1. The maximum absolute atomic E-state index is 13.4. The Bertz CT molecular complexity index is 962. The van der Waals surface area contributed by atoms with Gasteiger partial charge in [0.05, 0.1) is 18.4 Å². The summed E-state index contributed by atoms with van der Waals surface area (Å²) in [4.78, 5) is 32.3. The van der Waals surface area contributed by atoms with Crippen LogP contribution in [0, 0.1) is 0 Å². The van der Waals surface area contributed by atoms with Crippen molar-refractivity contribution in [2.24, 2.45) is 0 Å². The highest BCUT2D eigenvalue weighted by Crippen LogP contribution is 2.36. The fourth-order valence-electron chi connectivity index (χ4n) is 3.68. The number of likely N-dealkylation sites (N-methyl/N-ethyl adjacent to an activating group) is 1. The zero-order valence-electron chi connectivity index (χ0n) is 16.4. The summed E-state index contributed by atoms with van der Waals surface area (Å²) < 4.78 is 5.23. The van der Waals surface area contributed by atoms with Gasteiger partial charge in [-0.2, -0.15) is 0 Å². The second kappa shape index (κ2) is 7.89. The molecule has 2 aromatic carbocycles. The molecule has 0 atom stereocenters. The summed E-state index contributed by atoms with van der Waals surface area (Å²) in [6, 6.07) is 14.0. The van der Waals surface area contributed by atoms with Gasteiger partial charge in [0.1, 0.15) is 11.4 Å². The molecule has 6 nitrogen and oxygen atoms in total. The summed E-state index contributed by atoms with van der Waals surface area (Å²) in [5.41, 5.74) is 2.11.